The van der Waals surface area contributed by atoms with Crippen molar-refractivity contribution in [2.24, 2.45) is 12.5 Å². The highest BCUT2D eigenvalue weighted by atomic mass is 32.2. The summed E-state index contributed by atoms with van der Waals surface area (Å²) in [7, 11) is 1.94. The van der Waals surface area contributed by atoms with E-state index in [0.29, 0.717) is 6.04 Å². The summed E-state index contributed by atoms with van der Waals surface area (Å²) in [5, 5.41) is 3.63. The molecule has 1 fully saturated rings. The molecule has 1 heterocycles. The van der Waals surface area contributed by atoms with Crippen LogP contribution >= 0.6 is 0 Å². The zero-order valence-corrected chi connectivity index (χ0v) is 16.8. The second-order valence-corrected chi connectivity index (χ2v) is 9.15. The highest BCUT2D eigenvalue weighted by molar-refractivity contribution is 7.90. The van der Waals surface area contributed by atoms with Crippen LogP contribution in [0.4, 0.5) is 10.1 Å². The number of imidazole rings is 1. The quantitative estimate of drug-likeness (QED) is 0.778. The minimum absolute atomic E-state index is 0.203. The van der Waals surface area contributed by atoms with E-state index < -0.39 is 17.3 Å². The smallest absolute Gasteiger partial charge is 0.153 e. The zero-order chi connectivity index (χ0) is 18.9. The molecule has 2 unspecified atom stereocenters. The first-order valence-electron chi connectivity index (χ1n) is 9.15. The Bertz CT molecular complexity index is 751. The van der Waals surface area contributed by atoms with E-state index in [-0.39, 0.29) is 5.41 Å². The molecule has 3 rings (SSSR count). The minimum Gasteiger partial charge on any atom is -0.612 e. The monoisotopic (exact) mass is 377 g/mol. The van der Waals surface area contributed by atoms with Crippen molar-refractivity contribution >= 4 is 16.9 Å². The fraction of sp³-hybridized carbons (Fsp3) is 0.550. The highest BCUT2D eigenvalue weighted by Gasteiger charge is 2.36. The van der Waals surface area contributed by atoms with Crippen LogP contribution in [0.2, 0.25) is 0 Å². The normalized spacial score (nSPS) is 25.7. The molecule has 26 heavy (non-hydrogen) atoms. The lowest BCUT2D eigenvalue weighted by Crippen LogP contribution is -2.36. The van der Waals surface area contributed by atoms with Crippen LogP contribution in [-0.4, -0.2) is 32.6 Å². The molecule has 1 N–H and O–H groups in total. The van der Waals surface area contributed by atoms with Crippen LogP contribution in [0.3, 0.4) is 0 Å². The molecule has 0 amide bonds. The fourth-order valence-electron chi connectivity index (χ4n) is 3.63. The molecular formula is C20H28FN3OS. The van der Waals surface area contributed by atoms with E-state index in [2.05, 4.69) is 17.2 Å². The third-order valence-electron chi connectivity index (χ3n) is 5.75. The summed E-state index contributed by atoms with van der Waals surface area (Å²) in [6.45, 7) is 3.73. The molecule has 0 saturated heterocycles. The van der Waals surface area contributed by atoms with Gasteiger partial charge < -0.3 is 14.4 Å². The number of aromatic nitrogens is 2. The summed E-state index contributed by atoms with van der Waals surface area (Å²) in [6, 6.07) is 6.17. The summed E-state index contributed by atoms with van der Waals surface area (Å²) in [4.78, 5) is 5.25. The standard InChI is InChI=1S/C20H28FN3OS/c1-14(21)20(2)9-7-15(8-10-20)23-18-6-5-16(26(4)25)11-17(18)19-12-24(3)13-22-19/h5-6,11-15,23H,7-10H2,1-4H3/t14?,15-,20-,26?. The van der Waals surface area contributed by atoms with Crippen molar-refractivity contribution in [3.8, 4) is 11.3 Å². The van der Waals surface area contributed by atoms with Crippen molar-refractivity contribution in [2.75, 3.05) is 11.6 Å². The van der Waals surface area contributed by atoms with E-state index in [9.17, 15) is 8.94 Å². The van der Waals surface area contributed by atoms with E-state index in [1.165, 1.54) is 0 Å². The van der Waals surface area contributed by atoms with Crippen LogP contribution in [0.15, 0.2) is 35.6 Å². The van der Waals surface area contributed by atoms with Gasteiger partial charge in [-0.25, -0.2) is 9.37 Å². The molecule has 142 valence electrons. The first kappa shape index (κ1) is 19.2. The third kappa shape index (κ3) is 4.07. The highest BCUT2D eigenvalue weighted by Crippen LogP contribution is 2.41. The molecule has 4 nitrogen and oxygen atoms in total. The maximum Gasteiger partial charge on any atom is 0.153 e. The van der Waals surface area contributed by atoms with Crippen LogP contribution in [-0.2, 0) is 18.2 Å². The van der Waals surface area contributed by atoms with Gasteiger partial charge in [-0.1, -0.05) is 6.92 Å². The SMILES string of the molecule is CC(F)[C@]1(C)CC[C@@H](Nc2ccc([S+](C)[O-])cc2-c2cn(C)cn2)CC1. The van der Waals surface area contributed by atoms with Crippen molar-refractivity contribution < 1.29 is 8.94 Å². The van der Waals surface area contributed by atoms with Gasteiger partial charge in [0.2, 0.25) is 0 Å². The second-order valence-electron chi connectivity index (χ2n) is 7.77. The number of alkyl halides is 1. The Morgan fingerprint density at radius 2 is 2.08 bits per heavy atom. The molecule has 0 aliphatic heterocycles. The van der Waals surface area contributed by atoms with E-state index in [1.807, 2.05) is 36.0 Å². The molecule has 1 aromatic heterocycles. The van der Waals surface area contributed by atoms with Gasteiger partial charge in [0.25, 0.3) is 0 Å². The second kappa shape index (κ2) is 7.61. The van der Waals surface area contributed by atoms with Crippen molar-refractivity contribution in [1.82, 2.24) is 9.55 Å². The first-order chi connectivity index (χ1) is 12.3. The summed E-state index contributed by atoms with van der Waals surface area (Å²) in [6.07, 6.45) is 8.32. The number of benzene rings is 1. The van der Waals surface area contributed by atoms with Gasteiger partial charge >= 0.3 is 0 Å². The van der Waals surface area contributed by atoms with E-state index in [0.717, 1.165) is 47.5 Å². The van der Waals surface area contributed by atoms with Crippen LogP contribution in [0.25, 0.3) is 11.3 Å². The maximum absolute atomic E-state index is 13.9. The fourth-order valence-corrected chi connectivity index (χ4v) is 4.17. The Hall–Kier alpha value is -1.53. The molecule has 1 saturated carbocycles. The molecule has 6 heteroatoms. The van der Waals surface area contributed by atoms with Crippen molar-refractivity contribution in [2.45, 2.75) is 56.6 Å². The topological polar surface area (TPSA) is 52.9 Å². The molecular weight excluding hydrogens is 349 g/mol. The molecule has 2 atom stereocenters. The summed E-state index contributed by atoms with van der Waals surface area (Å²) in [5.74, 6) is 0. The van der Waals surface area contributed by atoms with Crippen molar-refractivity contribution in [1.29, 1.82) is 0 Å². The first-order valence-corrected chi connectivity index (χ1v) is 10.7. The number of aryl methyl sites for hydroxylation is 1. The van der Waals surface area contributed by atoms with E-state index >= 15 is 0 Å². The molecule has 0 spiro atoms. The van der Waals surface area contributed by atoms with Crippen LogP contribution in [0.5, 0.6) is 0 Å². The van der Waals surface area contributed by atoms with E-state index in [1.54, 1.807) is 19.5 Å². The molecule has 0 bridgehead atoms. The van der Waals surface area contributed by atoms with Crippen molar-refractivity contribution in [3.63, 3.8) is 0 Å². The number of nitrogens with one attached hydrogen (secondary N) is 1. The van der Waals surface area contributed by atoms with Gasteiger partial charge in [0.1, 0.15) is 12.4 Å². The number of hydrogen-bond acceptors (Lipinski definition) is 3. The Labute approximate surface area is 158 Å². The van der Waals surface area contributed by atoms with Crippen LogP contribution in [0, 0.1) is 5.41 Å². The summed E-state index contributed by atoms with van der Waals surface area (Å²) >= 11 is -1.04. The Morgan fingerprint density at radius 1 is 1.38 bits per heavy atom. The molecule has 2 aromatic rings. The number of anilines is 1. The van der Waals surface area contributed by atoms with E-state index in [4.69, 9.17) is 0 Å². The minimum atomic E-state index is -1.04. The lowest BCUT2D eigenvalue weighted by Gasteiger charge is -2.39. The molecule has 1 aliphatic carbocycles. The van der Waals surface area contributed by atoms with Gasteiger partial charge in [-0.15, -0.1) is 0 Å². The Balaban J connectivity index is 1.82. The Morgan fingerprint density at radius 3 is 2.62 bits per heavy atom. The maximum atomic E-state index is 13.9. The average Bonchev–Trinajstić information content (AvgIpc) is 3.03. The molecule has 1 aromatic carbocycles. The predicted octanol–water partition coefficient (Wildman–Crippen LogP) is 4.54. The van der Waals surface area contributed by atoms with Gasteiger partial charge in [0.05, 0.1) is 12.0 Å². The summed E-state index contributed by atoms with van der Waals surface area (Å²) < 4.78 is 27.7. The van der Waals surface area contributed by atoms with Gasteiger partial charge in [-0.3, -0.25) is 0 Å². The molecule has 1 aliphatic rings. The molecule has 0 radical (unpaired) electrons. The van der Waals surface area contributed by atoms with Crippen LogP contribution < -0.4 is 5.32 Å². The Kier molecular flexibility index (Phi) is 5.63. The zero-order valence-electron chi connectivity index (χ0n) is 16.0. The lowest BCUT2D eigenvalue weighted by molar-refractivity contribution is 0.0878. The third-order valence-corrected chi connectivity index (χ3v) is 6.67. The predicted molar refractivity (Wildman–Crippen MR) is 106 cm³/mol. The number of nitrogens with zero attached hydrogens (tertiary/aromatic N) is 2. The lowest BCUT2D eigenvalue weighted by atomic mass is 9.71. The van der Waals surface area contributed by atoms with Gasteiger partial charge in [-0.2, -0.15) is 0 Å². The van der Waals surface area contributed by atoms with Gasteiger partial charge in [0.15, 0.2) is 4.90 Å². The largest absolute Gasteiger partial charge is 0.612 e. The van der Waals surface area contributed by atoms with Crippen molar-refractivity contribution in [3.05, 3.63) is 30.7 Å². The summed E-state index contributed by atoms with van der Waals surface area (Å²) in [5.41, 5.74) is 2.62. The number of rotatable bonds is 5. The average molecular weight is 378 g/mol. The van der Waals surface area contributed by atoms with Gasteiger partial charge in [0, 0.05) is 36.6 Å². The van der Waals surface area contributed by atoms with Crippen LogP contribution in [0.1, 0.15) is 39.5 Å². The number of halogens is 1. The van der Waals surface area contributed by atoms with Gasteiger partial charge in [-0.05, 0) is 61.3 Å². The number of hydrogen-bond donors (Lipinski definition) is 1.